The summed E-state index contributed by atoms with van der Waals surface area (Å²) in [6, 6.07) is 18.2. The predicted octanol–water partition coefficient (Wildman–Crippen LogP) is 5.15. The quantitative estimate of drug-likeness (QED) is 0.230. The number of para-hydroxylation sites is 1. The van der Waals surface area contributed by atoms with E-state index >= 15 is 0 Å². The van der Waals surface area contributed by atoms with E-state index < -0.39 is 23.8 Å². The predicted molar refractivity (Wildman–Crippen MR) is 146 cm³/mol. The number of nitrogens with one attached hydrogen (secondary N) is 2. The Hall–Kier alpha value is -2.98. The highest BCUT2D eigenvalue weighted by Crippen LogP contribution is 2.22. The highest BCUT2D eigenvalue weighted by molar-refractivity contribution is 7.73. The van der Waals surface area contributed by atoms with Crippen LogP contribution in [0.4, 0.5) is 8.78 Å². The Kier molecular flexibility index (Phi) is 9.15. The van der Waals surface area contributed by atoms with Gasteiger partial charge in [-0.15, -0.1) is 11.3 Å². The van der Waals surface area contributed by atoms with Crippen LogP contribution in [0, 0.1) is 15.6 Å². The second kappa shape index (κ2) is 12.5. The zero-order valence-electron chi connectivity index (χ0n) is 20.4. The van der Waals surface area contributed by atoms with Gasteiger partial charge in [0.05, 0.1) is 22.4 Å². The molecule has 2 atom stereocenters. The summed E-state index contributed by atoms with van der Waals surface area (Å²) in [5.74, 6) is -1.77. The summed E-state index contributed by atoms with van der Waals surface area (Å²) >= 11 is 6.87. The van der Waals surface area contributed by atoms with E-state index in [0.717, 1.165) is 28.3 Å². The Morgan fingerprint density at radius 1 is 1.03 bits per heavy atom. The maximum atomic E-state index is 13.8. The number of aryl methyl sites for hydroxylation is 1. The Morgan fingerprint density at radius 2 is 1.76 bits per heavy atom. The van der Waals surface area contributed by atoms with Crippen molar-refractivity contribution in [1.29, 1.82) is 0 Å². The maximum absolute atomic E-state index is 13.8. The molecule has 4 rings (SSSR count). The smallest absolute Gasteiger partial charge is 0.240 e. The zero-order chi connectivity index (χ0) is 26.4. The fourth-order valence-corrected chi connectivity index (χ4v) is 5.61. The van der Waals surface area contributed by atoms with Gasteiger partial charge in [-0.2, -0.15) is 0 Å². The minimum absolute atomic E-state index is 0.0270. The largest absolute Gasteiger partial charge is 0.390 e. The standard InChI is InChI=1S/C28H29F2N3O2S2/c1-2-18-6-5-7-19(10-18)15-31-16-25(34)23(13-20-11-21(29)14-22(30)12-20)32-27(35)17-33-24-8-3-4-9-26(24)37-28(33)36/h3-12,14,23,25,31,34H,2,13,15-17H2,1H3,(H,32,35)/t23-,25-/m0/s1. The molecular formula is C28H29F2N3O2S2. The van der Waals surface area contributed by atoms with E-state index in [1.807, 2.05) is 36.4 Å². The molecule has 1 heterocycles. The van der Waals surface area contributed by atoms with Gasteiger partial charge in [-0.05, 0) is 66.0 Å². The molecule has 0 bridgehead atoms. The van der Waals surface area contributed by atoms with E-state index in [9.17, 15) is 18.7 Å². The van der Waals surface area contributed by atoms with Gasteiger partial charge < -0.3 is 20.3 Å². The molecule has 9 heteroatoms. The minimum Gasteiger partial charge on any atom is -0.390 e. The van der Waals surface area contributed by atoms with Crippen LogP contribution in [-0.2, 0) is 30.7 Å². The molecule has 3 aromatic carbocycles. The number of thiazole rings is 1. The van der Waals surface area contributed by atoms with E-state index in [1.165, 1.54) is 29.0 Å². The SMILES string of the molecule is CCc1cccc(CNC[C@H](O)[C@H](Cc2cc(F)cc(F)c2)NC(=O)Cn2c(=S)sc3ccccc32)c1. The Labute approximate surface area is 223 Å². The summed E-state index contributed by atoms with van der Waals surface area (Å²) < 4.78 is 30.9. The first-order valence-corrected chi connectivity index (χ1v) is 13.3. The molecule has 194 valence electrons. The normalized spacial score (nSPS) is 13.0. The molecule has 0 fully saturated rings. The van der Waals surface area contributed by atoms with E-state index in [2.05, 4.69) is 29.7 Å². The number of rotatable bonds is 11. The van der Waals surface area contributed by atoms with Crippen LogP contribution in [0.1, 0.15) is 23.6 Å². The number of fused-ring (bicyclic) bond motifs is 1. The molecule has 0 aliphatic heterocycles. The van der Waals surface area contributed by atoms with Gasteiger partial charge in [-0.25, -0.2) is 8.78 Å². The molecule has 0 spiro atoms. The molecule has 1 aromatic heterocycles. The fraction of sp³-hybridized carbons (Fsp3) is 0.286. The van der Waals surface area contributed by atoms with Crippen molar-refractivity contribution in [1.82, 2.24) is 15.2 Å². The van der Waals surface area contributed by atoms with Crippen molar-refractivity contribution in [2.24, 2.45) is 0 Å². The van der Waals surface area contributed by atoms with Gasteiger partial charge in [0.25, 0.3) is 0 Å². The van der Waals surface area contributed by atoms with Gasteiger partial charge in [0.2, 0.25) is 5.91 Å². The second-order valence-electron chi connectivity index (χ2n) is 8.95. The van der Waals surface area contributed by atoms with Crippen molar-refractivity contribution in [3.05, 3.63) is 99.0 Å². The van der Waals surface area contributed by atoms with E-state index in [4.69, 9.17) is 12.2 Å². The lowest BCUT2D eigenvalue weighted by Crippen LogP contribution is -2.49. The lowest BCUT2D eigenvalue weighted by Gasteiger charge is -2.25. The molecule has 0 saturated heterocycles. The summed E-state index contributed by atoms with van der Waals surface area (Å²) in [7, 11) is 0. The van der Waals surface area contributed by atoms with Crippen LogP contribution >= 0.6 is 23.6 Å². The number of aromatic nitrogens is 1. The van der Waals surface area contributed by atoms with Crippen molar-refractivity contribution in [2.45, 2.75) is 45.0 Å². The zero-order valence-corrected chi connectivity index (χ0v) is 22.0. The molecule has 0 unspecified atom stereocenters. The average Bonchev–Trinajstić information content (AvgIpc) is 3.17. The van der Waals surface area contributed by atoms with Crippen LogP contribution in [0.2, 0.25) is 0 Å². The molecule has 0 saturated carbocycles. The van der Waals surface area contributed by atoms with E-state index in [1.54, 1.807) is 4.57 Å². The van der Waals surface area contributed by atoms with E-state index in [0.29, 0.717) is 16.1 Å². The third kappa shape index (κ3) is 7.29. The number of hydrogen-bond donors (Lipinski definition) is 3. The molecule has 0 aliphatic rings. The average molecular weight is 542 g/mol. The maximum Gasteiger partial charge on any atom is 0.240 e. The van der Waals surface area contributed by atoms with Crippen LogP contribution in [0.5, 0.6) is 0 Å². The third-order valence-electron chi connectivity index (χ3n) is 6.15. The number of aliphatic hydroxyl groups is 1. The summed E-state index contributed by atoms with van der Waals surface area (Å²) in [4.78, 5) is 13.1. The van der Waals surface area contributed by atoms with Crippen molar-refractivity contribution >= 4 is 39.7 Å². The Balaban J connectivity index is 1.47. The second-order valence-corrected chi connectivity index (χ2v) is 10.6. The van der Waals surface area contributed by atoms with Gasteiger partial charge in [-0.3, -0.25) is 4.79 Å². The number of hydrogen-bond acceptors (Lipinski definition) is 5. The first-order valence-electron chi connectivity index (χ1n) is 12.1. The van der Waals surface area contributed by atoms with Crippen molar-refractivity contribution in [3.8, 4) is 0 Å². The summed E-state index contributed by atoms with van der Waals surface area (Å²) in [5, 5.41) is 17.1. The monoisotopic (exact) mass is 541 g/mol. The number of aliphatic hydroxyl groups excluding tert-OH is 1. The van der Waals surface area contributed by atoms with Gasteiger partial charge >= 0.3 is 0 Å². The summed E-state index contributed by atoms with van der Waals surface area (Å²) in [5.41, 5.74) is 3.50. The summed E-state index contributed by atoms with van der Waals surface area (Å²) in [6.45, 7) is 2.78. The van der Waals surface area contributed by atoms with Gasteiger partial charge in [0, 0.05) is 19.2 Å². The van der Waals surface area contributed by atoms with Crippen LogP contribution < -0.4 is 10.6 Å². The number of amides is 1. The molecule has 0 aliphatic carbocycles. The molecule has 1 amide bonds. The minimum atomic E-state index is -1.00. The first-order chi connectivity index (χ1) is 17.8. The molecule has 3 N–H and O–H groups in total. The molecule has 4 aromatic rings. The third-order valence-corrected chi connectivity index (χ3v) is 7.58. The Bertz CT molecular complexity index is 1420. The molecule has 0 radical (unpaired) electrons. The lowest BCUT2D eigenvalue weighted by molar-refractivity contribution is -0.123. The van der Waals surface area contributed by atoms with Crippen molar-refractivity contribution < 1.29 is 18.7 Å². The summed E-state index contributed by atoms with van der Waals surface area (Å²) in [6.07, 6.45) is -0.0143. The lowest BCUT2D eigenvalue weighted by atomic mass is 10.0. The fourth-order valence-electron chi connectivity index (χ4n) is 4.29. The molecular weight excluding hydrogens is 512 g/mol. The highest BCUT2D eigenvalue weighted by Gasteiger charge is 2.23. The number of carbonyl (C=O) groups excluding carboxylic acids is 1. The van der Waals surface area contributed by atoms with Crippen LogP contribution in [-0.4, -0.2) is 34.3 Å². The van der Waals surface area contributed by atoms with Crippen LogP contribution in [0.25, 0.3) is 10.2 Å². The Morgan fingerprint density at radius 3 is 2.51 bits per heavy atom. The van der Waals surface area contributed by atoms with Gasteiger partial charge in [0.15, 0.2) is 3.95 Å². The van der Waals surface area contributed by atoms with Crippen LogP contribution in [0.3, 0.4) is 0 Å². The van der Waals surface area contributed by atoms with Crippen molar-refractivity contribution in [3.63, 3.8) is 0 Å². The first kappa shape index (κ1) is 27.1. The number of halogens is 2. The van der Waals surface area contributed by atoms with E-state index in [-0.39, 0.29) is 25.4 Å². The molecule has 5 nitrogen and oxygen atoms in total. The van der Waals surface area contributed by atoms with Crippen LogP contribution in [0.15, 0.2) is 66.7 Å². The topological polar surface area (TPSA) is 66.3 Å². The highest BCUT2D eigenvalue weighted by atomic mass is 32.1. The number of carbonyl (C=O) groups is 1. The van der Waals surface area contributed by atoms with Gasteiger partial charge in [-0.1, -0.05) is 43.3 Å². The van der Waals surface area contributed by atoms with Gasteiger partial charge in [0.1, 0.15) is 18.2 Å². The number of nitrogens with zero attached hydrogens (tertiary/aromatic N) is 1. The molecule has 37 heavy (non-hydrogen) atoms. The number of benzene rings is 3. The van der Waals surface area contributed by atoms with Crippen molar-refractivity contribution in [2.75, 3.05) is 6.54 Å².